The fourth-order valence-electron chi connectivity index (χ4n) is 2.74. The SMILES string of the molecule is CCCCN(CC)c1c(C)cc(C)c(OC)c1C. The van der Waals surface area contributed by atoms with Crippen LogP contribution in [0.15, 0.2) is 6.07 Å². The van der Waals surface area contributed by atoms with Gasteiger partial charge in [0.2, 0.25) is 0 Å². The lowest BCUT2D eigenvalue weighted by molar-refractivity contribution is 0.408. The van der Waals surface area contributed by atoms with Crippen LogP contribution in [0.5, 0.6) is 5.75 Å². The highest BCUT2D eigenvalue weighted by molar-refractivity contribution is 5.65. The molecule has 0 aliphatic heterocycles. The van der Waals surface area contributed by atoms with Gasteiger partial charge in [-0.25, -0.2) is 0 Å². The number of aryl methyl sites for hydroxylation is 2. The summed E-state index contributed by atoms with van der Waals surface area (Å²) in [6, 6.07) is 2.23. The molecule has 0 aromatic heterocycles. The van der Waals surface area contributed by atoms with Gasteiger partial charge >= 0.3 is 0 Å². The number of rotatable bonds is 6. The van der Waals surface area contributed by atoms with Gasteiger partial charge in [-0.15, -0.1) is 0 Å². The molecule has 0 unspecified atom stereocenters. The molecule has 0 N–H and O–H groups in total. The van der Waals surface area contributed by atoms with Crippen LogP contribution in [0.2, 0.25) is 0 Å². The summed E-state index contributed by atoms with van der Waals surface area (Å²) in [5.41, 5.74) is 5.20. The molecule has 0 bridgehead atoms. The van der Waals surface area contributed by atoms with Crippen molar-refractivity contribution in [1.82, 2.24) is 0 Å². The second kappa shape index (κ2) is 6.67. The second-order valence-electron chi connectivity index (χ2n) is 4.95. The first-order chi connectivity index (χ1) is 8.56. The first-order valence-electron chi connectivity index (χ1n) is 6.96. The van der Waals surface area contributed by atoms with E-state index in [0.717, 1.165) is 18.8 Å². The Balaban J connectivity index is 3.20. The average molecular weight is 249 g/mol. The lowest BCUT2D eigenvalue weighted by Crippen LogP contribution is -2.25. The molecule has 1 rings (SSSR count). The maximum atomic E-state index is 5.54. The molecule has 0 saturated heterocycles. The van der Waals surface area contributed by atoms with Crippen LogP contribution in [0.1, 0.15) is 43.4 Å². The van der Waals surface area contributed by atoms with Crippen molar-refractivity contribution in [3.05, 3.63) is 22.8 Å². The zero-order valence-corrected chi connectivity index (χ0v) is 12.8. The van der Waals surface area contributed by atoms with Crippen LogP contribution in [-0.2, 0) is 0 Å². The molecular weight excluding hydrogens is 222 g/mol. The number of methoxy groups -OCH3 is 1. The van der Waals surface area contributed by atoms with Gasteiger partial charge in [-0.05, 0) is 45.2 Å². The smallest absolute Gasteiger partial charge is 0.126 e. The van der Waals surface area contributed by atoms with Crippen molar-refractivity contribution in [3.63, 3.8) is 0 Å². The van der Waals surface area contributed by atoms with Crippen molar-refractivity contribution in [2.24, 2.45) is 0 Å². The third-order valence-electron chi connectivity index (χ3n) is 3.54. The first-order valence-corrected chi connectivity index (χ1v) is 6.96. The number of hydrogen-bond donors (Lipinski definition) is 0. The van der Waals surface area contributed by atoms with Crippen molar-refractivity contribution in [2.45, 2.75) is 47.5 Å². The minimum Gasteiger partial charge on any atom is -0.496 e. The zero-order chi connectivity index (χ0) is 13.7. The Labute approximate surface area is 112 Å². The lowest BCUT2D eigenvalue weighted by atomic mass is 10.0. The molecule has 1 aromatic rings. The lowest BCUT2D eigenvalue weighted by Gasteiger charge is -2.28. The number of unbranched alkanes of at least 4 members (excludes halogenated alkanes) is 1. The zero-order valence-electron chi connectivity index (χ0n) is 12.8. The van der Waals surface area contributed by atoms with E-state index in [9.17, 15) is 0 Å². The van der Waals surface area contributed by atoms with E-state index in [1.807, 2.05) is 0 Å². The predicted octanol–water partition coefficient (Wildman–Crippen LogP) is 4.25. The third-order valence-corrected chi connectivity index (χ3v) is 3.54. The van der Waals surface area contributed by atoms with Crippen LogP contribution in [0.3, 0.4) is 0 Å². The molecule has 0 aliphatic rings. The number of nitrogens with zero attached hydrogens (tertiary/aromatic N) is 1. The van der Waals surface area contributed by atoms with Crippen molar-refractivity contribution < 1.29 is 4.74 Å². The van der Waals surface area contributed by atoms with Crippen molar-refractivity contribution in [1.29, 1.82) is 0 Å². The van der Waals surface area contributed by atoms with Gasteiger partial charge in [0.15, 0.2) is 0 Å². The van der Waals surface area contributed by atoms with Crippen LogP contribution in [0.25, 0.3) is 0 Å². The topological polar surface area (TPSA) is 12.5 Å². The Kier molecular flexibility index (Phi) is 5.52. The van der Waals surface area contributed by atoms with Gasteiger partial charge in [0, 0.05) is 24.3 Å². The summed E-state index contributed by atoms with van der Waals surface area (Å²) in [5, 5.41) is 0. The Bertz CT molecular complexity index is 399. The minimum absolute atomic E-state index is 1.03. The van der Waals surface area contributed by atoms with Crippen molar-refractivity contribution in [3.8, 4) is 5.75 Å². The van der Waals surface area contributed by atoms with E-state index in [2.05, 4.69) is 45.6 Å². The predicted molar refractivity (Wildman–Crippen MR) is 80.0 cm³/mol. The highest BCUT2D eigenvalue weighted by atomic mass is 16.5. The largest absolute Gasteiger partial charge is 0.496 e. The number of hydrogen-bond acceptors (Lipinski definition) is 2. The molecule has 1 aromatic carbocycles. The monoisotopic (exact) mass is 249 g/mol. The van der Waals surface area contributed by atoms with Gasteiger partial charge in [0.25, 0.3) is 0 Å². The molecule has 2 nitrogen and oxygen atoms in total. The number of ether oxygens (including phenoxy) is 1. The van der Waals surface area contributed by atoms with Crippen molar-refractivity contribution in [2.75, 3.05) is 25.1 Å². The minimum atomic E-state index is 1.03. The fourth-order valence-corrected chi connectivity index (χ4v) is 2.74. The van der Waals surface area contributed by atoms with Crippen LogP contribution in [0, 0.1) is 20.8 Å². The van der Waals surface area contributed by atoms with Crippen LogP contribution < -0.4 is 9.64 Å². The van der Waals surface area contributed by atoms with Gasteiger partial charge < -0.3 is 9.64 Å². The summed E-state index contributed by atoms with van der Waals surface area (Å²) in [5.74, 6) is 1.03. The molecule has 0 aliphatic carbocycles. The highest BCUT2D eigenvalue weighted by Crippen LogP contribution is 2.35. The van der Waals surface area contributed by atoms with E-state index in [0.29, 0.717) is 0 Å². The third kappa shape index (κ3) is 2.98. The molecule has 0 heterocycles. The maximum absolute atomic E-state index is 5.54. The van der Waals surface area contributed by atoms with Gasteiger partial charge in [0.1, 0.15) is 5.75 Å². The molecule has 0 radical (unpaired) electrons. The van der Waals surface area contributed by atoms with E-state index in [1.165, 1.54) is 35.2 Å². The van der Waals surface area contributed by atoms with Crippen LogP contribution >= 0.6 is 0 Å². The first kappa shape index (κ1) is 14.9. The van der Waals surface area contributed by atoms with Gasteiger partial charge in [0.05, 0.1) is 7.11 Å². The summed E-state index contributed by atoms with van der Waals surface area (Å²) < 4.78 is 5.54. The van der Waals surface area contributed by atoms with Gasteiger partial charge in [-0.1, -0.05) is 19.4 Å². The van der Waals surface area contributed by atoms with E-state index >= 15 is 0 Å². The van der Waals surface area contributed by atoms with Crippen molar-refractivity contribution >= 4 is 5.69 Å². The molecule has 102 valence electrons. The van der Waals surface area contributed by atoms with Gasteiger partial charge in [-0.3, -0.25) is 0 Å². The van der Waals surface area contributed by atoms with Crippen LogP contribution in [0.4, 0.5) is 5.69 Å². The Hall–Kier alpha value is -1.18. The second-order valence-corrected chi connectivity index (χ2v) is 4.95. The average Bonchev–Trinajstić information content (AvgIpc) is 2.33. The molecule has 0 atom stereocenters. The molecule has 18 heavy (non-hydrogen) atoms. The quantitative estimate of drug-likeness (QED) is 0.747. The summed E-state index contributed by atoms with van der Waals surface area (Å²) in [7, 11) is 1.76. The van der Waals surface area contributed by atoms with Gasteiger partial charge in [-0.2, -0.15) is 0 Å². The molecule has 0 fully saturated rings. The number of anilines is 1. The molecule has 0 amide bonds. The van der Waals surface area contributed by atoms with E-state index in [4.69, 9.17) is 4.74 Å². The Morgan fingerprint density at radius 1 is 1.11 bits per heavy atom. The highest BCUT2D eigenvalue weighted by Gasteiger charge is 2.15. The summed E-state index contributed by atoms with van der Waals surface area (Å²) in [6.45, 7) is 13.1. The number of benzene rings is 1. The van der Waals surface area contributed by atoms with E-state index in [1.54, 1.807) is 7.11 Å². The Morgan fingerprint density at radius 2 is 1.78 bits per heavy atom. The van der Waals surface area contributed by atoms with E-state index in [-0.39, 0.29) is 0 Å². The molecular formula is C16H27NO. The summed E-state index contributed by atoms with van der Waals surface area (Å²) >= 11 is 0. The normalized spacial score (nSPS) is 10.6. The maximum Gasteiger partial charge on any atom is 0.126 e. The summed E-state index contributed by atoms with van der Waals surface area (Å²) in [4.78, 5) is 2.47. The van der Waals surface area contributed by atoms with Crippen LogP contribution in [-0.4, -0.2) is 20.2 Å². The molecule has 2 heteroatoms. The Morgan fingerprint density at radius 3 is 2.28 bits per heavy atom. The standard InChI is InChI=1S/C16H27NO/c1-7-9-10-17(8-2)15-12(3)11-13(4)16(18-6)14(15)5/h11H,7-10H2,1-6H3. The molecule has 0 spiro atoms. The molecule has 0 saturated carbocycles. The van der Waals surface area contributed by atoms with E-state index < -0.39 is 0 Å². The fraction of sp³-hybridized carbons (Fsp3) is 0.625. The summed E-state index contributed by atoms with van der Waals surface area (Å²) in [6.07, 6.45) is 2.47.